The van der Waals surface area contributed by atoms with Gasteiger partial charge < -0.3 is 10.2 Å². The topological polar surface area (TPSA) is 77.8 Å². The molecule has 1 fully saturated rings. The first-order valence-electron chi connectivity index (χ1n) is 6.37. The van der Waals surface area contributed by atoms with Crippen LogP contribution in [0.25, 0.3) is 0 Å². The van der Waals surface area contributed by atoms with E-state index in [1.165, 1.54) is 16.4 Å². The quantitative estimate of drug-likeness (QED) is 0.813. The molecule has 1 aromatic carbocycles. The Morgan fingerprint density at radius 3 is 2.63 bits per heavy atom. The van der Waals surface area contributed by atoms with Gasteiger partial charge in [-0.3, -0.25) is 0 Å². The standard InChI is InChI=1S/C13H19NO4S/c1-10(16)11-3-2-4-13(9-11)19(17,18)14(7-8-15)12-5-6-12/h2-4,9-10,12,15-16H,5-8H2,1H3. The van der Waals surface area contributed by atoms with E-state index in [0.29, 0.717) is 5.56 Å². The molecule has 0 saturated heterocycles. The zero-order valence-corrected chi connectivity index (χ0v) is 11.7. The smallest absolute Gasteiger partial charge is 0.243 e. The van der Waals surface area contributed by atoms with Crippen LogP contribution in [-0.2, 0) is 10.0 Å². The Labute approximate surface area is 113 Å². The summed E-state index contributed by atoms with van der Waals surface area (Å²) in [6.07, 6.45) is 0.979. The largest absolute Gasteiger partial charge is 0.395 e. The Morgan fingerprint density at radius 2 is 2.11 bits per heavy atom. The van der Waals surface area contributed by atoms with Crippen LogP contribution in [0.15, 0.2) is 29.2 Å². The summed E-state index contributed by atoms with van der Waals surface area (Å²) in [4.78, 5) is 0.172. The van der Waals surface area contributed by atoms with E-state index in [2.05, 4.69) is 0 Å². The van der Waals surface area contributed by atoms with Gasteiger partial charge in [0.2, 0.25) is 10.0 Å². The highest BCUT2D eigenvalue weighted by molar-refractivity contribution is 7.89. The van der Waals surface area contributed by atoms with E-state index in [-0.39, 0.29) is 24.1 Å². The van der Waals surface area contributed by atoms with Crippen molar-refractivity contribution >= 4 is 10.0 Å². The van der Waals surface area contributed by atoms with E-state index in [1.54, 1.807) is 19.1 Å². The molecular weight excluding hydrogens is 266 g/mol. The first kappa shape index (κ1) is 14.5. The summed E-state index contributed by atoms with van der Waals surface area (Å²) in [6.45, 7) is 1.52. The lowest BCUT2D eigenvalue weighted by Crippen LogP contribution is -2.35. The predicted octanol–water partition coefficient (Wildman–Crippen LogP) is 0.885. The van der Waals surface area contributed by atoms with Crippen LogP contribution in [0.4, 0.5) is 0 Å². The SMILES string of the molecule is CC(O)c1cccc(S(=O)(=O)N(CCO)C2CC2)c1. The molecule has 0 radical (unpaired) electrons. The molecule has 6 heteroatoms. The first-order chi connectivity index (χ1) is 8.96. The van der Waals surface area contributed by atoms with Crippen LogP contribution in [0, 0.1) is 0 Å². The summed E-state index contributed by atoms with van der Waals surface area (Å²) < 4.78 is 26.4. The van der Waals surface area contributed by atoms with Gasteiger partial charge in [0.25, 0.3) is 0 Å². The van der Waals surface area contributed by atoms with E-state index in [0.717, 1.165) is 12.8 Å². The maximum absolute atomic E-state index is 12.5. The van der Waals surface area contributed by atoms with Gasteiger partial charge in [-0.1, -0.05) is 12.1 Å². The van der Waals surface area contributed by atoms with Crippen molar-refractivity contribution in [3.05, 3.63) is 29.8 Å². The molecule has 5 nitrogen and oxygen atoms in total. The highest BCUT2D eigenvalue weighted by Crippen LogP contribution is 2.32. The van der Waals surface area contributed by atoms with Crippen molar-refractivity contribution in [1.29, 1.82) is 0 Å². The maximum Gasteiger partial charge on any atom is 0.243 e. The fourth-order valence-electron chi connectivity index (χ4n) is 2.03. The molecule has 19 heavy (non-hydrogen) atoms. The van der Waals surface area contributed by atoms with Crippen LogP contribution in [-0.4, -0.2) is 42.1 Å². The van der Waals surface area contributed by atoms with Crippen LogP contribution < -0.4 is 0 Å². The summed E-state index contributed by atoms with van der Waals surface area (Å²) >= 11 is 0. The Morgan fingerprint density at radius 1 is 1.42 bits per heavy atom. The zero-order valence-electron chi connectivity index (χ0n) is 10.9. The monoisotopic (exact) mass is 285 g/mol. The third kappa shape index (κ3) is 3.14. The van der Waals surface area contributed by atoms with Crippen molar-refractivity contribution in [2.75, 3.05) is 13.2 Å². The molecule has 1 unspecified atom stereocenters. The fraction of sp³-hybridized carbons (Fsp3) is 0.538. The fourth-order valence-corrected chi connectivity index (χ4v) is 3.76. The van der Waals surface area contributed by atoms with Crippen LogP contribution in [0.2, 0.25) is 0 Å². The number of rotatable bonds is 6. The van der Waals surface area contributed by atoms with E-state index in [9.17, 15) is 13.5 Å². The van der Waals surface area contributed by atoms with Crippen molar-refractivity contribution in [3.8, 4) is 0 Å². The second kappa shape index (κ2) is 5.58. The molecule has 1 aliphatic rings. The Bertz CT molecular complexity index is 537. The van der Waals surface area contributed by atoms with Crippen LogP contribution in [0.1, 0.15) is 31.4 Å². The second-order valence-electron chi connectivity index (χ2n) is 4.82. The average molecular weight is 285 g/mol. The molecule has 1 aliphatic carbocycles. The molecule has 0 heterocycles. The van der Waals surface area contributed by atoms with Crippen molar-refractivity contribution in [2.45, 2.75) is 36.8 Å². The number of aliphatic hydroxyl groups is 2. The minimum atomic E-state index is -3.59. The van der Waals surface area contributed by atoms with Gasteiger partial charge in [-0.15, -0.1) is 0 Å². The summed E-state index contributed by atoms with van der Waals surface area (Å²) in [5.41, 5.74) is 0.570. The van der Waals surface area contributed by atoms with Crippen LogP contribution in [0.5, 0.6) is 0 Å². The maximum atomic E-state index is 12.5. The van der Waals surface area contributed by atoms with Gasteiger partial charge in [-0.25, -0.2) is 8.42 Å². The Balaban J connectivity index is 2.34. The van der Waals surface area contributed by atoms with Gasteiger partial charge in [-0.2, -0.15) is 4.31 Å². The molecule has 0 aromatic heterocycles. The van der Waals surface area contributed by atoms with Gasteiger partial charge in [0.15, 0.2) is 0 Å². The molecule has 2 rings (SSSR count). The molecule has 2 N–H and O–H groups in total. The van der Waals surface area contributed by atoms with E-state index in [1.807, 2.05) is 0 Å². The summed E-state index contributed by atoms with van der Waals surface area (Å²) in [6, 6.07) is 6.34. The predicted molar refractivity (Wildman–Crippen MR) is 71.1 cm³/mol. The van der Waals surface area contributed by atoms with E-state index in [4.69, 9.17) is 5.11 Å². The number of nitrogens with zero attached hydrogens (tertiary/aromatic N) is 1. The molecule has 0 amide bonds. The van der Waals surface area contributed by atoms with Crippen molar-refractivity contribution in [3.63, 3.8) is 0 Å². The van der Waals surface area contributed by atoms with Crippen LogP contribution in [0.3, 0.4) is 0 Å². The third-order valence-corrected chi connectivity index (χ3v) is 5.17. The lowest BCUT2D eigenvalue weighted by Gasteiger charge is -2.21. The minimum absolute atomic E-state index is 0.00681. The van der Waals surface area contributed by atoms with Gasteiger partial charge in [0.05, 0.1) is 17.6 Å². The Hall–Kier alpha value is -0.950. The number of benzene rings is 1. The molecule has 106 valence electrons. The molecule has 1 atom stereocenters. The third-order valence-electron chi connectivity index (χ3n) is 3.22. The number of hydrogen-bond donors (Lipinski definition) is 2. The van der Waals surface area contributed by atoms with Crippen molar-refractivity contribution in [1.82, 2.24) is 4.31 Å². The van der Waals surface area contributed by atoms with E-state index < -0.39 is 16.1 Å². The van der Waals surface area contributed by atoms with Crippen LogP contribution >= 0.6 is 0 Å². The lowest BCUT2D eigenvalue weighted by atomic mass is 10.1. The average Bonchev–Trinajstić information content (AvgIpc) is 3.20. The summed E-state index contributed by atoms with van der Waals surface area (Å²) in [7, 11) is -3.59. The number of sulfonamides is 1. The normalized spacial score (nSPS) is 17.7. The van der Waals surface area contributed by atoms with Crippen molar-refractivity contribution < 1.29 is 18.6 Å². The molecular formula is C13H19NO4S. The summed E-state index contributed by atoms with van der Waals surface area (Å²) in [5.74, 6) is 0. The minimum Gasteiger partial charge on any atom is -0.395 e. The van der Waals surface area contributed by atoms with Gasteiger partial charge in [0, 0.05) is 12.6 Å². The highest BCUT2D eigenvalue weighted by atomic mass is 32.2. The number of aliphatic hydroxyl groups excluding tert-OH is 2. The van der Waals surface area contributed by atoms with Gasteiger partial charge in [-0.05, 0) is 37.5 Å². The summed E-state index contributed by atoms with van der Waals surface area (Å²) in [5, 5.41) is 18.5. The molecule has 0 aliphatic heterocycles. The second-order valence-corrected chi connectivity index (χ2v) is 6.71. The number of hydrogen-bond acceptors (Lipinski definition) is 4. The first-order valence-corrected chi connectivity index (χ1v) is 7.81. The van der Waals surface area contributed by atoms with Gasteiger partial charge in [0.1, 0.15) is 0 Å². The molecule has 1 aromatic rings. The zero-order chi connectivity index (χ0) is 14.0. The van der Waals surface area contributed by atoms with Gasteiger partial charge >= 0.3 is 0 Å². The van der Waals surface area contributed by atoms with E-state index >= 15 is 0 Å². The highest BCUT2D eigenvalue weighted by Gasteiger charge is 2.37. The molecule has 0 spiro atoms. The molecule has 0 bridgehead atoms. The lowest BCUT2D eigenvalue weighted by molar-refractivity contribution is 0.199. The van der Waals surface area contributed by atoms with Crippen molar-refractivity contribution in [2.24, 2.45) is 0 Å². The Kier molecular flexibility index (Phi) is 4.25. The molecule has 1 saturated carbocycles.